The summed E-state index contributed by atoms with van der Waals surface area (Å²) in [6.45, 7) is 0. The van der Waals surface area contributed by atoms with Crippen molar-refractivity contribution in [3.8, 4) is 0 Å². The van der Waals surface area contributed by atoms with Crippen LogP contribution in [0.1, 0.15) is 12.8 Å². The van der Waals surface area contributed by atoms with Crippen LogP contribution in [0.2, 0.25) is 0 Å². The van der Waals surface area contributed by atoms with E-state index in [1.165, 1.54) is 5.22 Å². The molecule has 2 nitrogen and oxygen atoms in total. The van der Waals surface area contributed by atoms with Crippen molar-refractivity contribution in [2.45, 2.75) is 12.8 Å². The van der Waals surface area contributed by atoms with Crippen LogP contribution in [-0.2, 0) is 0 Å². The van der Waals surface area contributed by atoms with Gasteiger partial charge in [0.05, 0.1) is 16.4 Å². The molecule has 0 bridgehead atoms. The zero-order chi connectivity index (χ0) is 9.38. The van der Waals surface area contributed by atoms with Gasteiger partial charge in [0, 0.05) is 6.20 Å². The number of hydrogen-bond donors (Lipinski definition) is 0. The molecule has 0 aliphatic heterocycles. The van der Waals surface area contributed by atoms with Crippen molar-refractivity contribution >= 4 is 23.2 Å². The molecule has 2 aromatic rings. The summed E-state index contributed by atoms with van der Waals surface area (Å²) in [7, 11) is 0. The minimum absolute atomic E-state index is 0.984. The lowest BCUT2D eigenvalue weighted by atomic mass is 10.1. The minimum atomic E-state index is 0.984. The first kappa shape index (κ1) is 7.68. The fourth-order valence-electron chi connectivity index (χ4n) is 1.82. The molecular formula is C12H10N2. The average molecular weight is 182 g/mol. The van der Waals surface area contributed by atoms with Gasteiger partial charge >= 0.3 is 0 Å². The SMILES string of the molecule is C1=c2cc3ncccc3nc2=CCC1. The average Bonchev–Trinajstić information content (AvgIpc) is 2.26. The molecule has 0 fully saturated rings. The third-order valence-electron chi connectivity index (χ3n) is 2.51. The van der Waals surface area contributed by atoms with Gasteiger partial charge in [-0.05, 0) is 36.3 Å². The fourth-order valence-corrected chi connectivity index (χ4v) is 1.82. The Morgan fingerprint density at radius 1 is 1.07 bits per heavy atom. The zero-order valence-corrected chi connectivity index (χ0v) is 7.77. The quantitative estimate of drug-likeness (QED) is 0.607. The molecule has 1 aliphatic carbocycles. The smallest absolute Gasteiger partial charge is 0.0894 e. The largest absolute Gasteiger partial charge is 0.255 e. The molecule has 2 heterocycles. The second kappa shape index (κ2) is 2.91. The van der Waals surface area contributed by atoms with Gasteiger partial charge in [-0.2, -0.15) is 0 Å². The van der Waals surface area contributed by atoms with Gasteiger partial charge in [-0.1, -0.05) is 12.2 Å². The van der Waals surface area contributed by atoms with Crippen molar-refractivity contribution in [3.05, 3.63) is 35.0 Å². The Hall–Kier alpha value is -1.70. The summed E-state index contributed by atoms with van der Waals surface area (Å²) < 4.78 is 0. The summed E-state index contributed by atoms with van der Waals surface area (Å²) >= 11 is 0. The molecule has 3 rings (SSSR count). The third-order valence-corrected chi connectivity index (χ3v) is 2.51. The zero-order valence-electron chi connectivity index (χ0n) is 7.77. The molecule has 0 unspecified atom stereocenters. The van der Waals surface area contributed by atoms with E-state index in [1.807, 2.05) is 18.3 Å². The normalized spacial score (nSPS) is 14.3. The van der Waals surface area contributed by atoms with Gasteiger partial charge in [0.25, 0.3) is 0 Å². The molecule has 0 spiro atoms. The predicted octanol–water partition coefficient (Wildman–Crippen LogP) is 0.985. The lowest BCUT2D eigenvalue weighted by Crippen LogP contribution is -2.29. The van der Waals surface area contributed by atoms with Gasteiger partial charge in [-0.15, -0.1) is 0 Å². The van der Waals surface area contributed by atoms with Crippen molar-refractivity contribution < 1.29 is 0 Å². The van der Waals surface area contributed by atoms with Crippen molar-refractivity contribution in [2.24, 2.45) is 0 Å². The summed E-state index contributed by atoms with van der Waals surface area (Å²) in [4.78, 5) is 8.86. The summed E-state index contributed by atoms with van der Waals surface area (Å²) in [6.07, 6.45) is 8.46. The fraction of sp³-hybridized carbons (Fsp3) is 0.167. The van der Waals surface area contributed by atoms with E-state index in [2.05, 4.69) is 28.2 Å². The molecule has 0 N–H and O–H groups in total. The Balaban J connectivity index is 2.51. The van der Waals surface area contributed by atoms with Gasteiger partial charge in [0.2, 0.25) is 0 Å². The number of nitrogens with zero attached hydrogens (tertiary/aromatic N) is 2. The highest BCUT2D eigenvalue weighted by Gasteiger charge is 1.98. The summed E-state index contributed by atoms with van der Waals surface area (Å²) in [5.41, 5.74) is 1.97. The van der Waals surface area contributed by atoms with E-state index in [0.29, 0.717) is 0 Å². The molecule has 2 heteroatoms. The number of hydrogen-bond acceptors (Lipinski definition) is 2. The predicted molar refractivity (Wildman–Crippen MR) is 57.0 cm³/mol. The Kier molecular flexibility index (Phi) is 1.60. The Bertz CT molecular complexity index is 545. The van der Waals surface area contributed by atoms with E-state index in [4.69, 9.17) is 0 Å². The van der Waals surface area contributed by atoms with E-state index >= 15 is 0 Å². The van der Waals surface area contributed by atoms with Crippen LogP contribution in [0.3, 0.4) is 0 Å². The number of pyridine rings is 2. The van der Waals surface area contributed by atoms with Gasteiger partial charge in [-0.3, -0.25) is 4.98 Å². The van der Waals surface area contributed by atoms with Crippen LogP contribution in [0.15, 0.2) is 24.4 Å². The van der Waals surface area contributed by atoms with E-state index in [0.717, 1.165) is 29.2 Å². The monoisotopic (exact) mass is 182 g/mol. The van der Waals surface area contributed by atoms with Crippen molar-refractivity contribution in [2.75, 3.05) is 0 Å². The molecule has 0 atom stereocenters. The number of aromatic nitrogens is 2. The van der Waals surface area contributed by atoms with E-state index in [1.54, 1.807) is 0 Å². The highest BCUT2D eigenvalue weighted by molar-refractivity contribution is 5.73. The van der Waals surface area contributed by atoms with E-state index in [9.17, 15) is 0 Å². The topological polar surface area (TPSA) is 25.8 Å². The summed E-state index contributed by atoms with van der Waals surface area (Å²) in [5.74, 6) is 0. The van der Waals surface area contributed by atoms with Gasteiger partial charge < -0.3 is 0 Å². The van der Waals surface area contributed by atoms with Crippen LogP contribution in [0, 0.1) is 0 Å². The molecule has 2 aromatic heterocycles. The minimum Gasteiger partial charge on any atom is -0.255 e. The van der Waals surface area contributed by atoms with Crippen LogP contribution in [-0.4, -0.2) is 9.97 Å². The number of fused-ring (bicyclic) bond motifs is 2. The lowest BCUT2D eigenvalue weighted by Gasteiger charge is -2.00. The first-order valence-corrected chi connectivity index (χ1v) is 4.86. The summed E-state index contributed by atoms with van der Waals surface area (Å²) in [5, 5.41) is 2.33. The summed E-state index contributed by atoms with van der Waals surface area (Å²) in [6, 6.07) is 6.05. The molecule has 1 aliphatic rings. The van der Waals surface area contributed by atoms with Gasteiger partial charge in [0.15, 0.2) is 0 Å². The number of rotatable bonds is 0. The molecular weight excluding hydrogens is 172 g/mol. The van der Waals surface area contributed by atoms with E-state index in [-0.39, 0.29) is 0 Å². The van der Waals surface area contributed by atoms with Crippen LogP contribution < -0.4 is 10.6 Å². The first-order valence-electron chi connectivity index (χ1n) is 4.86. The highest BCUT2D eigenvalue weighted by atomic mass is 14.7. The Morgan fingerprint density at radius 2 is 2.00 bits per heavy atom. The van der Waals surface area contributed by atoms with Gasteiger partial charge in [-0.25, -0.2) is 4.98 Å². The molecule has 0 radical (unpaired) electrons. The van der Waals surface area contributed by atoms with Crippen LogP contribution >= 0.6 is 0 Å². The lowest BCUT2D eigenvalue weighted by molar-refractivity contribution is 1.09. The molecule has 14 heavy (non-hydrogen) atoms. The van der Waals surface area contributed by atoms with Crippen molar-refractivity contribution in [1.82, 2.24) is 9.97 Å². The maximum atomic E-state index is 4.57. The van der Waals surface area contributed by atoms with Gasteiger partial charge in [0.1, 0.15) is 0 Å². The maximum absolute atomic E-state index is 4.57. The Labute approximate surface area is 81.6 Å². The standard InChI is InChI=1S/C12H10N2/c1-2-5-10-9(4-1)8-12-11(14-10)6-3-7-13-12/h3-8H,1-2H2. The van der Waals surface area contributed by atoms with Crippen LogP contribution in [0.5, 0.6) is 0 Å². The van der Waals surface area contributed by atoms with E-state index < -0.39 is 0 Å². The van der Waals surface area contributed by atoms with Crippen LogP contribution in [0.4, 0.5) is 0 Å². The Morgan fingerprint density at radius 3 is 3.00 bits per heavy atom. The first-order chi connectivity index (χ1) is 6.93. The molecule has 0 aromatic carbocycles. The molecule has 68 valence electrons. The second-order valence-corrected chi connectivity index (χ2v) is 3.49. The maximum Gasteiger partial charge on any atom is 0.0894 e. The third kappa shape index (κ3) is 1.11. The highest BCUT2D eigenvalue weighted by Crippen LogP contribution is 2.03. The van der Waals surface area contributed by atoms with Crippen LogP contribution in [0.25, 0.3) is 23.2 Å². The van der Waals surface area contributed by atoms with Crippen molar-refractivity contribution in [3.63, 3.8) is 0 Å². The van der Waals surface area contributed by atoms with Crippen molar-refractivity contribution in [1.29, 1.82) is 0 Å². The molecule has 0 saturated heterocycles. The molecule has 0 saturated carbocycles. The molecule has 0 amide bonds. The second-order valence-electron chi connectivity index (χ2n) is 3.49.